The van der Waals surface area contributed by atoms with Crippen LogP contribution < -0.4 is 0 Å². The van der Waals surface area contributed by atoms with Gasteiger partial charge in [0.2, 0.25) is 0 Å². The summed E-state index contributed by atoms with van der Waals surface area (Å²) in [5, 5.41) is -0.380. The van der Waals surface area contributed by atoms with Crippen LogP contribution in [0, 0.1) is 0 Å². The maximum atomic E-state index is 13.7. The van der Waals surface area contributed by atoms with Gasteiger partial charge in [0, 0.05) is 24.4 Å². The zero-order chi connectivity index (χ0) is 22.9. The Morgan fingerprint density at radius 3 is 2.06 bits per heavy atom. The number of morpholine rings is 1. The number of ether oxygens (including phenoxy) is 1. The fourth-order valence-corrected chi connectivity index (χ4v) is 4.83. The summed E-state index contributed by atoms with van der Waals surface area (Å²) in [4.78, 5) is 32.9. The third-order valence-corrected chi connectivity index (χ3v) is 6.70. The smallest absolute Gasteiger partial charge is 0.277 e. The summed E-state index contributed by atoms with van der Waals surface area (Å²) in [6, 6.07) is 28.8. The maximum Gasteiger partial charge on any atom is 0.277 e. The molecule has 33 heavy (non-hydrogen) atoms. The first-order chi connectivity index (χ1) is 16.2. The SMILES string of the molecule is O=C(N=C(C(=O)N1CCOCC1)C(SCc1ccccc1)c1ccccc1)c1ccccc1. The molecular weight excluding hydrogens is 432 g/mol. The molecule has 3 aromatic rings. The van der Waals surface area contributed by atoms with Gasteiger partial charge in [0.25, 0.3) is 11.8 Å². The molecule has 1 fully saturated rings. The Morgan fingerprint density at radius 2 is 1.42 bits per heavy atom. The molecule has 0 spiro atoms. The van der Waals surface area contributed by atoms with E-state index in [0.29, 0.717) is 37.6 Å². The number of amides is 2. The lowest BCUT2D eigenvalue weighted by Gasteiger charge is -2.29. The molecule has 1 aliphatic heterocycles. The Bertz CT molecular complexity index is 1080. The number of carbonyl (C=O) groups is 2. The van der Waals surface area contributed by atoms with Crippen molar-refractivity contribution in [2.24, 2.45) is 4.99 Å². The summed E-state index contributed by atoms with van der Waals surface area (Å²) in [5.74, 6) is 0.0699. The molecule has 1 saturated heterocycles. The highest BCUT2D eigenvalue weighted by Gasteiger charge is 2.31. The molecule has 0 aromatic heterocycles. The molecule has 0 saturated carbocycles. The van der Waals surface area contributed by atoms with Crippen molar-refractivity contribution in [1.82, 2.24) is 4.90 Å². The second-order valence-electron chi connectivity index (χ2n) is 7.66. The average Bonchev–Trinajstić information content (AvgIpc) is 2.90. The van der Waals surface area contributed by atoms with E-state index in [9.17, 15) is 9.59 Å². The summed E-state index contributed by atoms with van der Waals surface area (Å²) < 4.78 is 5.42. The molecule has 2 amide bonds. The number of hydrogen-bond acceptors (Lipinski definition) is 4. The van der Waals surface area contributed by atoms with Crippen molar-refractivity contribution < 1.29 is 14.3 Å². The van der Waals surface area contributed by atoms with Crippen LogP contribution in [-0.4, -0.2) is 48.7 Å². The number of aliphatic imine (C=N–C) groups is 1. The molecule has 0 N–H and O–H groups in total. The number of hydrogen-bond donors (Lipinski definition) is 0. The van der Waals surface area contributed by atoms with Crippen LogP contribution in [0.5, 0.6) is 0 Å². The van der Waals surface area contributed by atoms with Gasteiger partial charge in [-0.15, -0.1) is 11.8 Å². The van der Waals surface area contributed by atoms with Crippen LogP contribution in [0.4, 0.5) is 0 Å². The van der Waals surface area contributed by atoms with Crippen molar-refractivity contribution >= 4 is 29.3 Å². The van der Waals surface area contributed by atoms with Gasteiger partial charge >= 0.3 is 0 Å². The van der Waals surface area contributed by atoms with E-state index in [0.717, 1.165) is 11.1 Å². The van der Waals surface area contributed by atoms with E-state index in [1.165, 1.54) is 0 Å². The fraction of sp³-hybridized carbons (Fsp3) is 0.222. The number of thioether (sulfide) groups is 1. The van der Waals surface area contributed by atoms with Gasteiger partial charge in [-0.2, -0.15) is 0 Å². The Kier molecular flexibility index (Phi) is 8.06. The van der Waals surface area contributed by atoms with E-state index in [-0.39, 0.29) is 16.9 Å². The maximum absolute atomic E-state index is 13.7. The van der Waals surface area contributed by atoms with Gasteiger partial charge in [0.15, 0.2) is 0 Å². The molecule has 0 radical (unpaired) electrons. The van der Waals surface area contributed by atoms with Crippen LogP contribution in [0.1, 0.15) is 26.7 Å². The molecule has 0 aliphatic carbocycles. The van der Waals surface area contributed by atoms with E-state index >= 15 is 0 Å². The summed E-state index contributed by atoms with van der Waals surface area (Å²) in [5.41, 5.74) is 2.82. The second-order valence-corrected chi connectivity index (χ2v) is 8.75. The topological polar surface area (TPSA) is 59.0 Å². The van der Waals surface area contributed by atoms with E-state index in [4.69, 9.17) is 4.74 Å². The van der Waals surface area contributed by atoms with Gasteiger partial charge in [0.05, 0.1) is 18.5 Å². The number of benzene rings is 3. The summed E-state index contributed by atoms with van der Waals surface area (Å²) in [7, 11) is 0. The first kappa shape index (κ1) is 23.0. The standard InChI is InChI=1S/C27H26N2O3S/c30-26(23-14-8-3-9-15-23)28-24(27(31)29-16-18-32-19-17-29)25(22-12-6-2-7-13-22)33-20-21-10-4-1-5-11-21/h1-15,25H,16-20H2. The van der Waals surface area contributed by atoms with Crippen LogP contribution in [-0.2, 0) is 15.3 Å². The Balaban J connectivity index is 1.72. The minimum absolute atomic E-state index is 0.211. The second kappa shape index (κ2) is 11.6. The van der Waals surface area contributed by atoms with Gasteiger partial charge in [0.1, 0.15) is 5.71 Å². The Hall–Kier alpha value is -3.22. The van der Waals surface area contributed by atoms with Gasteiger partial charge < -0.3 is 9.64 Å². The van der Waals surface area contributed by atoms with Gasteiger partial charge in [-0.3, -0.25) is 9.59 Å². The quantitative estimate of drug-likeness (QED) is 0.477. The zero-order valence-corrected chi connectivity index (χ0v) is 19.1. The summed E-state index contributed by atoms with van der Waals surface area (Å²) in [6.07, 6.45) is 0. The van der Waals surface area contributed by atoms with E-state index in [2.05, 4.69) is 17.1 Å². The Morgan fingerprint density at radius 1 is 0.848 bits per heavy atom. The molecule has 4 rings (SSSR count). The van der Waals surface area contributed by atoms with E-state index in [1.807, 2.05) is 54.6 Å². The minimum Gasteiger partial charge on any atom is -0.378 e. The number of rotatable bonds is 7. The minimum atomic E-state index is -0.409. The van der Waals surface area contributed by atoms with Crippen molar-refractivity contribution in [2.45, 2.75) is 11.0 Å². The number of nitrogens with zero attached hydrogens (tertiary/aromatic N) is 2. The van der Waals surface area contributed by atoms with Crippen molar-refractivity contribution in [3.63, 3.8) is 0 Å². The molecule has 1 unspecified atom stereocenters. The predicted octanol–water partition coefficient (Wildman–Crippen LogP) is 4.80. The van der Waals surface area contributed by atoms with Crippen LogP contribution in [0.2, 0.25) is 0 Å². The predicted molar refractivity (Wildman–Crippen MR) is 133 cm³/mol. The largest absolute Gasteiger partial charge is 0.378 e. The van der Waals surface area contributed by atoms with Crippen LogP contribution in [0.3, 0.4) is 0 Å². The van der Waals surface area contributed by atoms with Crippen LogP contribution >= 0.6 is 11.8 Å². The van der Waals surface area contributed by atoms with Crippen molar-refractivity contribution in [3.8, 4) is 0 Å². The highest BCUT2D eigenvalue weighted by molar-refractivity contribution is 7.99. The summed E-state index contributed by atoms with van der Waals surface area (Å²) >= 11 is 1.60. The van der Waals surface area contributed by atoms with Crippen LogP contribution in [0.25, 0.3) is 0 Å². The Labute approximate surface area is 198 Å². The molecule has 1 aliphatic rings. The molecule has 5 nitrogen and oxygen atoms in total. The lowest BCUT2D eigenvalue weighted by molar-refractivity contribution is -0.128. The van der Waals surface area contributed by atoms with Crippen LogP contribution in [0.15, 0.2) is 96.0 Å². The third-order valence-electron chi connectivity index (χ3n) is 5.37. The fourth-order valence-electron chi connectivity index (χ4n) is 3.62. The van der Waals surface area contributed by atoms with E-state index in [1.54, 1.807) is 40.9 Å². The molecular formula is C27H26N2O3S. The van der Waals surface area contributed by atoms with Crippen molar-refractivity contribution in [2.75, 3.05) is 26.3 Å². The number of carbonyl (C=O) groups excluding carboxylic acids is 2. The summed E-state index contributed by atoms with van der Waals surface area (Å²) in [6.45, 7) is 1.95. The molecule has 3 aromatic carbocycles. The molecule has 0 bridgehead atoms. The molecule has 1 heterocycles. The van der Waals surface area contributed by atoms with Gasteiger partial charge in [-0.25, -0.2) is 4.99 Å². The lowest BCUT2D eigenvalue weighted by atomic mass is 10.1. The normalized spacial score (nSPS) is 15.2. The van der Waals surface area contributed by atoms with E-state index < -0.39 is 5.91 Å². The first-order valence-electron chi connectivity index (χ1n) is 11.0. The van der Waals surface area contributed by atoms with Crippen molar-refractivity contribution in [3.05, 3.63) is 108 Å². The molecule has 6 heteroatoms. The lowest BCUT2D eigenvalue weighted by Crippen LogP contribution is -2.45. The third kappa shape index (κ3) is 6.18. The highest BCUT2D eigenvalue weighted by atomic mass is 32.2. The van der Waals surface area contributed by atoms with Crippen molar-refractivity contribution in [1.29, 1.82) is 0 Å². The zero-order valence-electron chi connectivity index (χ0n) is 18.3. The highest BCUT2D eigenvalue weighted by Crippen LogP contribution is 2.34. The average molecular weight is 459 g/mol. The first-order valence-corrected chi connectivity index (χ1v) is 12.0. The molecule has 1 atom stereocenters. The molecule has 168 valence electrons. The van der Waals surface area contributed by atoms with Gasteiger partial charge in [-0.1, -0.05) is 78.9 Å². The monoisotopic (exact) mass is 458 g/mol. The van der Waals surface area contributed by atoms with Gasteiger partial charge in [-0.05, 0) is 23.3 Å².